The fraction of sp³-hybridized carbons (Fsp3) is 0.636. The molecule has 7 nitrogen and oxygen atoms in total. The van der Waals surface area contributed by atoms with Gasteiger partial charge in [0.05, 0.1) is 20.8 Å². The standard InChI is InChI=1S/C22H35N3O4/c1-22(2,3)25-20(26)14-23-17-8-6-15(7-9-17)13-24-21(27)16-10-18(28-4)12-19(11-16)29-5/h10-12,15,17,23H,6-9,13-14H2,1-5H3,(H,24,27)(H,25,26). The van der Waals surface area contributed by atoms with Crippen LogP contribution in [0.15, 0.2) is 18.2 Å². The zero-order valence-electron chi connectivity index (χ0n) is 18.3. The average Bonchev–Trinajstić information content (AvgIpc) is 2.69. The first-order valence-electron chi connectivity index (χ1n) is 10.3. The minimum absolute atomic E-state index is 0.0283. The third-order valence-electron chi connectivity index (χ3n) is 5.08. The highest BCUT2D eigenvalue weighted by atomic mass is 16.5. The summed E-state index contributed by atoms with van der Waals surface area (Å²) in [6.07, 6.45) is 4.08. The zero-order valence-corrected chi connectivity index (χ0v) is 18.3. The maximum Gasteiger partial charge on any atom is 0.251 e. The largest absolute Gasteiger partial charge is 0.497 e. The number of amides is 2. The molecule has 0 radical (unpaired) electrons. The summed E-state index contributed by atoms with van der Waals surface area (Å²) in [6.45, 7) is 6.93. The van der Waals surface area contributed by atoms with Crippen molar-refractivity contribution in [3.05, 3.63) is 23.8 Å². The van der Waals surface area contributed by atoms with Crippen LogP contribution in [0.5, 0.6) is 11.5 Å². The van der Waals surface area contributed by atoms with Gasteiger partial charge in [0.25, 0.3) is 5.91 Å². The lowest BCUT2D eigenvalue weighted by molar-refractivity contribution is -0.121. The van der Waals surface area contributed by atoms with Crippen molar-refractivity contribution in [1.82, 2.24) is 16.0 Å². The second-order valence-electron chi connectivity index (χ2n) is 8.71. The van der Waals surface area contributed by atoms with E-state index in [1.165, 1.54) is 0 Å². The summed E-state index contributed by atoms with van der Waals surface area (Å²) < 4.78 is 10.4. The molecule has 1 saturated carbocycles. The molecule has 2 rings (SSSR count). The molecule has 0 aliphatic heterocycles. The van der Waals surface area contributed by atoms with Crippen molar-refractivity contribution in [2.24, 2.45) is 5.92 Å². The average molecular weight is 406 g/mol. The molecular weight excluding hydrogens is 370 g/mol. The number of methoxy groups -OCH3 is 2. The molecule has 0 spiro atoms. The highest BCUT2D eigenvalue weighted by Gasteiger charge is 2.23. The number of carbonyl (C=O) groups is 2. The first kappa shape index (κ1) is 23.0. The second-order valence-corrected chi connectivity index (χ2v) is 8.71. The summed E-state index contributed by atoms with van der Waals surface area (Å²) in [5, 5.41) is 9.35. The van der Waals surface area contributed by atoms with E-state index < -0.39 is 0 Å². The van der Waals surface area contributed by atoms with Gasteiger partial charge in [-0.3, -0.25) is 9.59 Å². The van der Waals surface area contributed by atoms with E-state index in [2.05, 4.69) is 16.0 Å². The van der Waals surface area contributed by atoms with Crippen molar-refractivity contribution in [2.45, 2.75) is 58.0 Å². The maximum atomic E-state index is 12.5. The molecule has 1 aliphatic rings. The van der Waals surface area contributed by atoms with Crippen molar-refractivity contribution < 1.29 is 19.1 Å². The fourth-order valence-electron chi connectivity index (χ4n) is 3.55. The van der Waals surface area contributed by atoms with Crippen molar-refractivity contribution >= 4 is 11.8 Å². The van der Waals surface area contributed by atoms with Crippen LogP contribution in [0.3, 0.4) is 0 Å². The molecule has 2 amide bonds. The molecule has 0 bridgehead atoms. The van der Waals surface area contributed by atoms with Crippen LogP contribution in [-0.2, 0) is 4.79 Å². The van der Waals surface area contributed by atoms with Crippen LogP contribution in [0, 0.1) is 5.92 Å². The van der Waals surface area contributed by atoms with E-state index in [0.29, 0.717) is 42.1 Å². The van der Waals surface area contributed by atoms with E-state index in [-0.39, 0.29) is 17.4 Å². The van der Waals surface area contributed by atoms with E-state index >= 15 is 0 Å². The van der Waals surface area contributed by atoms with Crippen LogP contribution in [0.1, 0.15) is 56.8 Å². The Morgan fingerprint density at radius 2 is 1.59 bits per heavy atom. The molecule has 7 heteroatoms. The third-order valence-corrected chi connectivity index (χ3v) is 5.08. The Morgan fingerprint density at radius 1 is 1.00 bits per heavy atom. The lowest BCUT2D eigenvalue weighted by Gasteiger charge is -2.29. The molecule has 0 heterocycles. The monoisotopic (exact) mass is 405 g/mol. The molecule has 0 atom stereocenters. The Morgan fingerprint density at radius 3 is 2.10 bits per heavy atom. The van der Waals surface area contributed by atoms with Gasteiger partial charge in [0, 0.05) is 29.8 Å². The molecule has 0 unspecified atom stereocenters. The van der Waals surface area contributed by atoms with Gasteiger partial charge in [0.2, 0.25) is 5.91 Å². The number of ether oxygens (including phenoxy) is 2. The van der Waals surface area contributed by atoms with Gasteiger partial charge in [-0.25, -0.2) is 0 Å². The van der Waals surface area contributed by atoms with Gasteiger partial charge in [-0.05, 0) is 64.5 Å². The van der Waals surface area contributed by atoms with Gasteiger partial charge in [-0.2, -0.15) is 0 Å². The van der Waals surface area contributed by atoms with Gasteiger partial charge in [0.15, 0.2) is 0 Å². The second kappa shape index (κ2) is 10.5. The lowest BCUT2D eigenvalue weighted by Crippen LogP contribution is -2.47. The lowest BCUT2D eigenvalue weighted by atomic mass is 9.86. The van der Waals surface area contributed by atoms with Crippen LogP contribution < -0.4 is 25.4 Å². The Kier molecular flexibility index (Phi) is 8.32. The fourth-order valence-corrected chi connectivity index (χ4v) is 3.55. The van der Waals surface area contributed by atoms with Gasteiger partial charge in [-0.15, -0.1) is 0 Å². The number of carbonyl (C=O) groups excluding carboxylic acids is 2. The Bertz CT molecular complexity index is 670. The topological polar surface area (TPSA) is 88.7 Å². The van der Waals surface area contributed by atoms with Crippen molar-refractivity contribution in [2.75, 3.05) is 27.3 Å². The summed E-state index contributed by atoms with van der Waals surface area (Å²) in [5.41, 5.74) is 0.322. The van der Waals surface area contributed by atoms with Crippen LogP contribution >= 0.6 is 0 Å². The predicted octanol–water partition coefficient (Wildman–Crippen LogP) is 2.50. The maximum absolute atomic E-state index is 12.5. The zero-order chi connectivity index (χ0) is 21.4. The Labute approximate surface area is 173 Å². The predicted molar refractivity (Wildman–Crippen MR) is 114 cm³/mol. The first-order chi connectivity index (χ1) is 13.7. The first-order valence-corrected chi connectivity index (χ1v) is 10.3. The van der Waals surface area contributed by atoms with Crippen LogP contribution in [0.4, 0.5) is 0 Å². The van der Waals surface area contributed by atoms with E-state index in [1.54, 1.807) is 32.4 Å². The normalized spacial score (nSPS) is 19.3. The third kappa shape index (κ3) is 7.93. The molecule has 1 aromatic rings. The SMILES string of the molecule is COc1cc(OC)cc(C(=O)NCC2CCC(NCC(=O)NC(C)(C)C)CC2)c1. The molecule has 1 aromatic carbocycles. The minimum Gasteiger partial charge on any atom is -0.497 e. The summed E-state index contributed by atoms with van der Waals surface area (Å²) >= 11 is 0. The molecule has 1 aliphatic carbocycles. The summed E-state index contributed by atoms with van der Waals surface area (Å²) in [4.78, 5) is 24.4. The number of hydrogen-bond acceptors (Lipinski definition) is 5. The van der Waals surface area contributed by atoms with E-state index in [9.17, 15) is 9.59 Å². The molecule has 0 saturated heterocycles. The molecule has 162 valence electrons. The quantitative estimate of drug-likeness (QED) is 0.618. The van der Waals surface area contributed by atoms with Gasteiger partial charge in [-0.1, -0.05) is 0 Å². The van der Waals surface area contributed by atoms with Crippen LogP contribution in [-0.4, -0.2) is 50.7 Å². The Hall–Kier alpha value is -2.28. The Balaban J connectivity index is 1.73. The number of nitrogens with one attached hydrogen (secondary N) is 3. The van der Waals surface area contributed by atoms with E-state index in [4.69, 9.17) is 9.47 Å². The molecule has 1 fully saturated rings. The van der Waals surface area contributed by atoms with E-state index in [1.807, 2.05) is 20.8 Å². The summed E-state index contributed by atoms with van der Waals surface area (Å²) in [7, 11) is 3.13. The van der Waals surface area contributed by atoms with Crippen LogP contribution in [0.25, 0.3) is 0 Å². The van der Waals surface area contributed by atoms with Gasteiger partial charge >= 0.3 is 0 Å². The molecule has 3 N–H and O–H groups in total. The number of rotatable bonds is 8. The van der Waals surface area contributed by atoms with Crippen molar-refractivity contribution in [3.63, 3.8) is 0 Å². The van der Waals surface area contributed by atoms with Crippen LogP contribution in [0.2, 0.25) is 0 Å². The smallest absolute Gasteiger partial charge is 0.251 e. The molecule has 29 heavy (non-hydrogen) atoms. The van der Waals surface area contributed by atoms with Crippen molar-refractivity contribution in [3.8, 4) is 11.5 Å². The van der Waals surface area contributed by atoms with Gasteiger partial charge < -0.3 is 25.4 Å². The molecular formula is C22H35N3O4. The highest BCUT2D eigenvalue weighted by molar-refractivity contribution is 5.95. The minimum atomic E-state index is -0.207. The highest BCUT2D eigenvalue weighted by Crippen LogP contribution is 2.25. The van der Waals surface area contributed by atoms with Crippen molar-refractivity contribution in [1.29, 1.82) is 0 Å². The number of benzene rings is 1. The van der Waals surface area contributed by atoms with Gasteiger partial charge in [0.1, 0.15) is 11.5 Å². The number of hydrogen-bond donors (Lipinski definition) is 3. The molecule has 0 aromatic heterocycles. The summed E-state index contributed by atoms with van der Waals surface area (Å²) in [5.74, 6) is 1.54. The summed E-state index contributed by atoms with van der Waals surface area (Å²) in [6, 6.07) is 5.52. The van der Waals surface area contributed by atoms with E-state index in [0.717, 1.165) is 25.7 Å².